The Hall–Kier alpha value is -2.30. The summed E-state index contributed by atoms with van der Waals surface area (Å²) < 4.78 is 0. The van der Waals surface area contributed by atoms with Gasteiger partial charge in [0.1, 0.15) is 6.54 Å². The second kappa shape index (κ2) is 7.99. The topological polar surface area (TPSA) is 69.6 Å². The van der Waals surface area contributed by atoms with Crippen LogP contribution in [-0.4, -0.2) is 41.6 Å². The molecule has 5 nitrogen and oxygen atoms in total. The van der Waals surface area contributed by atoms with E-state index >= 15 is 0 Å². The summed E-state index contributed by atoms with van der Waals surface area (Å²) >= 11 is 0. The predicted molar refractivity (Wildman–Crippen MR) is 77.7 cm³/mol. The summed E-state index contributed by atoms with van der Waals surface area (Å²) in [4.78, 5) is 23.7. The Bertz CT molecular complexity index is 486. The van der Waals surface area contributed by atoms with Crippen molar-refractivity contribution in [1.29, 1.82) is 0 Å². The molecule has 0 aromatic heterocycles. The molecular weight excluding hydrogens is 256 g/mol. The number of urea groups is 1. The lowest BCUT2D eigenvalue weighted by molar-refractivity contribution is -0.137. The van der Waals surface area contributed by atoms with Gasteiger partial charge in [-0.05, 0) is 24.5 Å². The Morgan fingerprint density at radius 3 is 2.70 bits per heavy atom. The fraction of sp³-hybridized carbons (Fsp3) is 0.333. The smallest absolute Gasteiger partial charge is 0.323 e. The minimum atomic E-state index is -1.04. The quantitative estimate of drug-likeness (QED) is 0.746. The largest absolute Gasteiger partial charge is 0.480 e. The van der Waals surface area contributed by atoms with E-state index in [-0.39, 0.29) is 19.1 Å². The molecule has 108 valence electrons. The highest BCUT2D eigenvalue weighted by molar-refractivity contribution is 5.80. The zero-order valence-corrected chi connectivity index (χ0v) is 11.6. The Balaban J connectivity index is 2.47. The summed E-state index contributed by atoms with van der Waals surface area (Å²) in [5.41, 5.74) is 2.34. The Labute approximate surface area is 118 Å². The SMILES string of the molecule is C=CCN(CC(=O)O)C(=O)NCCc1ccccc1C. The summed E-state index contributed by atoms with van der Waals surface area (Å²) in [5, 5.41) is 11.5. The van der Waals surface area contributed by atoms with Crippen LogP contribution < -0.4 is 5.32 Å². The van der Waals surface area contributed by atoms with Crippen LogP contribution in [0.4, 0.5) is 4.79 Å². The van der Waals surface area contributed by atoms with Crippen molar-refractivity contribution < 1.29 is 14.7 Å². The fourth-order valence-electron chi connectivity index (χ4n) is 1.84. The van der Waals surface area contributed by atoms with E-state index in [0.29, 0.717) is 13.0 Å². The molecule has 0 spiro atoms. The number of carboxylic acid groups (broad SMARTS) is 1. The van der Waals surface area contributed by atoms with Crippen molar-refractivity contribution in [3.8, 4) is 0 Å². The van der Waals surface area contributed by atoms with Gasteiger partial charge in [-0.3, -0.25) is 4.79 Å². The number of nitrogens with zero attached hydrogens (tertiary/aromatic N) is 1. The van der Waals surface area contributed by atoms with Crippen LogP contribution in [-0.2, 0) is 11.2 Å². The molecule has 0 aliphatic carbocycles. The highest BCUT2D eigenvalue weighted by Gasteiger charge is 2.14. The maximum Gasteiger partial charge on any atom is 0.323 e. The van der Waals surface area contributed by atoms with Crippen LogP contribution in [0.1, 0.15) is 11.1 Å². The van der Waals surface area contributed by atoms with Crippen molar-refractivity contribution in [2.45, 2.75) is 13.3 Å². The first-order valence-corrected chi connectivity index (χ1v) is 6.44. The molecular formula is C15H20N2O3. The number of hydrogen-bond acceptors (Lipinski definition) is 2. The van der Waals surface area contributed by atoms with Gasteiger partial charge >= 0.3 is 12.0 Å². The number of rotatable bonds is 7. The molecule has 0 fully saturated rings. The second-order valence-corrected chi connectivity index (χ2v) is 4.47. The third kappa shape index (κ3) is 5.14. The lowest BCUT2D eigenvalue weighted by Crippen LogP contribution is -2.43. The van der Waals surface area contributed by atoms with Crippen LogP contribution in [0.15, 0.2) is 36.9 Å². The molecule has 1 aromatic rings. The summed E-state index contributed by atoms with van der Waals surface area (Å²) in [6.07, 6.45) is 2.22. The third-order valence-electron chi connectivity index (χ3n) is 2.89. The van der Waals surface area contributed by atoms with Crippen molar-refractivity contribution in [3.63, 3.8) is 0 Å². The number of aliphatic carboxylic acids is 1. The van der Waals surface area contributed by atoms with Gasteiger partial charge in [0.2, 0.25) is 0 Å². The second-order valence-electron chi connectivity index (χ2n) is 4.47. The third-order valence-corrected chi connectivity index (χ3v) is 2.89. The monoisotopic (exact) mass is 276 g/mol. The van der Waals surface area contributed by atoms with Crippen molar-refractivity contribution in [2.24, 2.45) is 0 Å². The van der Waals surface area contributed by atoms with Gasteiger partial charge in [0.05, 0.1) is 0 Å². The van der Waals surface area contributed by atoms with Crippen molar-refractivity contribution in [2.75, 3.05) is 19.6 Å². The molecule has 0 unspecified atom stereocenters. The summed E-state index contributed by atoms with van der Waals surface area (Å²) in [6, 6.07) is 7.57. The van der Waals surface area contributed by atoms with Gasteiger partial charge in [0, 0.05) is 13.1 Å². The standard InChI is InChI=1S/C15H20N2O3/c1-3-10-17(11-14(18)19)15(20)16-9-8-13-7-5-4-6-12(13)2/h3-7H,1,8-11H2,2H3,(H,16,20)(H,18,19). The van der Waals surface area contributed by atoms with Crippen molar-refractivity contribution in [1.82, 2.24) is 10.2 Å². The summed E-state index contributed by atoms with van der Waals surface area (Å²) in [5.74, 6) is -1.04. The number of hydrogen-bond donors (Lipinski definition) is 2. The molecule has 2 amide bonds. The van der Waals surface area contributed by atoms with E-state index in [1.807, 2.05) is 31.2 Å². The van der Waals surface area contributed by atoms with Crippen LogP contribution in [0, 0.1) is 6.92 Å². The average Bonchev–Trinajstić information content (AvgIpc) is 2.40. The maximum atomic E-state index is 11.8. The minimum Gasteiger partial charge on any atom is -0.480 e. The lowest BCUT2D eigenvalue weighted by Gasteiger charge is -2.19. The van der Waals surface area contributed by atoms with Crippen LogP contribution in [0.25, 0.3) is 0 Å². The first-order chi connectivity index (χ1) is 9.54. The maximum absolute atomic E-state index is 11.8. The zero-order valence-electron chi connectivity index (χ0n) is 11.6. The molecule has 1 rings (SSSR count). The number of nitrogens with one attached hydrogen (secondary N) is 1. The number of carbonyl (C=O) groups excluding carboxylic acids is 1. The Kier molecular flexibility index (Phi) is 6.29. The highest BCUT2D eigenvalue weighted by Crippen LogP contribution is 2.06. The molecule has 2 N–H and O–H groups in total. The van der Waals surface area contributed by atoms with Crippen LogP contribution in [0.2, 0.25) is 0 Å². The van der Waals surface area contributed by atoms with Crippen LogP contribution in [0.3, 0.4) is 0 Å². The van der Waals surface area contributed by atoms with E-state index in [4.69, 9.17) is 5.11 Å². The van der Waals surface area contributed by atoms with E-state index in [1.165, 1.54) is 22.1 Å². The van der Waals surface area contributed by atoms with Gasteiger partial charge in [0.25, 0.3) is 0 Å². The molecule has 0 bridgehead atoms. The van der Waals surface area contributed by atoms with Gasteiger partial charge < -0.3 is 15.3 Å². The van der Waals surface area contributed by atoms with E-state index in [0.717, 1.165) is 0 Å². The predicted octanol–water partition coefficient (Wildman–Crippen LogP) is 1.82. The molecule has 1 aromatic carbocycles. The van der Waals surface area contributed by atoms with Gasteiger partial charge in [-0.15, -0.1) is 6.58 Å². The number of carboxylic acids is 1. The fourth-order valence-corrected chi connectivity index (χ4v) is 1.84. The molecule has 0 aliphatic rings. The van der Waals surface area contributed by atoms with E-state index in [1.54, 1.807) is 0 Å². The minimum absolute atomic E-state index is 0.211. The molecule has 5 heteroatoms. The van der Waals surface area contributed by atoms with Gasteiger partial charge in [-0.25, -0.2) is 4.79 Å². The van der Waals surface area contributed by atoms with E-state index < -0.39 is 5.97 Å². The lowest BCUT2D eigenvalue weighted by atomic mass is 10.1. The number of benzene rings is 1. The van der Waals surface area contributed by atoms with E-state index in [2.05, 4.69) is 11.9 Å². The number of aryl methyl sites for hydroxylation is 1. The average molecular weight is 276 g/mol. The van der Waals surface area contributed by atoms with Crippen LogP contribution >= 0.6 is 0 Å². The first kappa shape index (κ1) is 15.8. The van der Waals surface area contributed by atoms with Crippen LogP contribution in [0.5, 0.6) is 0 Å². The van der Waals surface area contributed by atoms with Crippen molar-refractivity contribution >= 4 is 12.0 Å². The molecule has 0 radical (unpaired) electrons. The highest BCUT2D eigenvalue weighted by atomic mass is 16.4. The summed E-state index contributed by atoms with van der Waals surface area (Å²) in [6.45, 7) is 5.88. The molecule has 0 heterocycles. The molecule has 0 aliphatic heterocycles. The normalized spacial score (nSPS) is 9.85. The summed E-state index contributed by atoms with van der Waals surface area (Å²) in [7, 11) is 0. The van der Waals surface area contributed by atoms with Gasteiger partial charge in [-0.2, -0.15) is 0 Å². The molecule has 0 saturated carbocycles. The molecule has 20 heavy (non-hydrogen) atoms. The van der Waals surface area contributed by atoms with E-state index in [9.17, 15) is 9.59 Å². The number of amides is 2. The Morgan fingerprint density at radius 1 is 1.40 bits per heavy atom. The molecule has 0 atom stereocenters. The number of carbonyl (C=O) groups is 2. The first-order valence-electron chi connectivity index (χ1n) is 6.44. The van der Waals surface area contributed by atoms with Gasteiger partial charge in [0.15, 0.2) is 0 Å². The zero-order chi connectivity index (χ0) is 15.0. The van der Waals surface area contributed by atoms with Crippen molar-refractivity contribution in [3.05, 3.63) is 48.0 Å². The molecule has 0 saturated heterocycles. The Morgan fingerprint density at radius 2 is 2.10 bits per heavy atom. The van der Waals surface area contributed by atoms with Gasteiger partial charge in [-0.1, -0.05) is 30.3 Å².